The van der Waals surface area contributed by atoms with Crippen molar-refractivity contribution in [3.8, 4) is 22.6 Å². The number of aryl methyl sites for hydroxylation is 2. The number of carbonyl (C=O) groups is 3. The maximum absolute atomic E-state index is 13.2. The van der Waals surface area contributed by atoms with Crippen LogP contribution in [0.15, 0.2) is 122 Å². The molecular weight excluding hydrogens is 711 g/mol. The Morgan fingerprint density at radius 1 is 0.895 bits per heavy atom. The molecule has 1 aromatic heterocycles. The molecule has 0 saturated carbocycles. The van der Waals surface area contributed by atoms with E-state index in [0.717, 1.165) is 72.1 Å². The van der Waals surface area contributed by atoms with Crippen LogP contribution in [0, 0.1) is 5.92 Å². The number of amides is 3. The summed E-state index contributed by atoms with van der Waals surface area (Å²) in [5, 5.41) is 13.7. The molecule has 1 saturated heterocycles. The van der Waals surface area contributed by atoms with Gasteiger partial charge in [0.15, 0.2) is 0 Å². The van der Waals surface area contributed by atoms with Crippen LogP contribution in [0.4, 0.5) is 0 Å². The zero-order valence-electron chi connectivity index (χ0n) is 32.4. The Labute approximate surface area is 334 Å². The van der Waals surface area contributed by atoms with Crippen molar-refractivity contribution in [1.82, 2.24) is 15.2 Å². The van der Waals surface area contributed by atoms with E-state index in [2.05, 4.69) is 89.8 Å². The first kappa shape index (κ1) is 37.8. The fourth-order valence-corrected chi connectivity index (χ4v) is 8.91. The number of piperidine rings is 1. The lowest BCUT2D eigenvalue weighted by atomic mass is 9.69. The molecule has 4 aromatic carbocycles. The van der Waals surface area contributed by atoms with E-state index in [0.29, 0.717) is 30.9 Å². The highest BCUT2D eigenvalue weighted by Gasteiger charge is 2.39. The minimum Gasteiger partial charge on any atom is -0.508 e. The molecule has 3 heterocycles. The van der Waals surface area contributed by atoms with Gasteiger partial charge in [-0.15, -0.1) is 0 Å². The summed E-state index contributed by atoms with van der Waals surface area (Å²) in [6.45, 7) is 7.47. The Kier molecular flexibility index (Phi) is 10.9. The second-order valence-corrected chi connectivity index (χ2v) is 15.5. The lowest BCUT2D eigenvalue weighted by Gasteiger charge is -2.35. The van der Waals surface area contributed by atoms with Crippen LogP contribution in [-0.2, 0) is 29.0 Å². The standard InChI is InChI=1S/C49H49N3O5/c1-3-4-6-9-31(2)40-19-14-35-27-38(53)16-21-41(35)47(40)32-11-17-39(18-12-32)57-25-8-5-7-10-36-29-50-44-22-15-34(28-43(36)44)33-13-20-42-37(26-33)30-52(49(42)56)45-23-24-46(54)51-48(45)55/h3-4,6,9,11-13,15-18,20-22,26-29,40,45,47,50,53H,2,5,7-8,10,14,19,23-25,30H2,1H3,(H,51,54,55)/b4-3-,9-6-/t40-,45+,47+/m1/s1. The molecule has 290 valence electrons. The first-order chi connectivity index (χ1) is 27.8. The molecule has 0 spiro atoms. The number of nitrogens with one attached hydrogen (secondary N) is 2. The van der Waals surface area contributed by atoms with E-state index in [4.69, 9.17) is 4.74 Å². The molecule has 8 rings (SSSR count). The van der Waals surface area contributed by atoms with Crippen LogP contribution in [0.2, 0.25) is 0 Å². The van der Waals surface area contributed by atoms with E-state index in [9.17, 15) is 19.5 Å². The average molecular weight is 760 g/mol. The van der Waals surface area contributed by atoms with Gasteiger partial charge in [0, 0.05) is 41.5 Å². The van der Waals surface area contributed by atoms with Crippen LogP contribution in [0.5, 0.6) is 11.5 Å². The predicted molar refractivity (Wildman–Crippen MR) is 224 cm³/mol. The third kappa shape index (κ3) is 7.95. The summed E-state index contributed by atoms with van der Waals surface area (Å²) in [5.74, 6) is 0.761. The summed E-state index contributed by atoms with van der Waals surface area (Å²) >= 11 is 0. The Balaban J connectivity index is 0.856. The summed E-state index contributed by atoms with van der Waals surface area (Å²) in [5.41, 5.74) is 10.8. The van der Waals surface area contributed by atoms with Crippen LogP contribution >= 0.6 is 0 Å². The van der Waals surface area contributed by atoms with E-state index in [1.807, 2.05) is 37.3 Å². The van der Waals surface area contributed by atoms with Crippen molar-refractivity contribution in [2.75, 3.05) is 6.61 Å². The molecule has 57 heavy (non-hydrogen) atoms. The maximum atomic E-state index is 13.2. The summed E-state index contributed by atoms with van der Waals surface area (Å²) in [6.07, 6.45) is 16.8. The van der Waals surface area contributed by atoms with Gasteiger partial charge in [0.25, 0.3) is 5.91 Å². The van der Waals surface area contributed by atoms with E-state index in [-0.39, 0.29) is 30.1 Å². The quantitative estimate of drug-likeness (QED) is 0.0629. The zero-order chi connectivity index (χ0) is 39.5. The highest BCUT2D eigenvalue weighted by atomic mass is 16.5. The lowest BCUT2D eigenvalue weighted by Crippen LogP contribution is -2.52. The fraction of sp³-hybridized carbons (Fsp3) is 0.286. The van der Waals surface area contributed by atoms with E-state index in [1.165, 1.54) is 27.6 Å². The third-order valence-corrected chi connectivity index (χ3v) is 11.9. The molecule has 2 aliphatic heterocycles. The van der Waals surface area contributed by atoms with E-state index in [1.54, 1.807) is 11.0 Å². The van der Waals surface area contributed by atoms with Gasteiger partial charge in [0.1, 0.15) is 17.5 Å². The molecule has 3 atom stereocenters. The monoisotopic (exact) mass is 759 g/mol. The maximum Gasteiger partial charge on any atom is 0.255 e. The molecule has 0 radical (unpaired) electrons. The lowest BCUT2D eigenvalue weighted by molar-refractivity contribution is -0.136. The number of phenols is 1. The molecule has 8 nitrogen and oxygen atoms in total. The minimum absolute atomic E-state index is 0.156. The summed E-state index contributed by atoms with van der Waals surface area (Å²) < 4.78 is 6.20. The number of nitrogens with zero attached hydrogens (tertiary/aromatic N) is 1. The summed E-state index contributed by atoms with van der Waals surface area (Å²) in [4.78, 5) is 42.4. The number of unbranched alkanes of at least 4 members (excludes halogenated alkanes) is 2. The minimum atomic E-state index is -0.623. The molecule has 0 bridgehead atoms. The highest BCUT2D eigenvalue weighted by Crippen LogP contribution is 2.45. The van der Waals surface area contributed by atoms with Gasteiger partial charge in [-0.05, 0) is 145 Å². The highest BCUT2D eigenvalue weighted by molar-refractivity contribution is 6.05. The van der Waals surface area contributed by atoms with Crippen LogP contribution in [0.1, 0.15) is 89.5 Å². The molecule has 3 aliphatic rings. The normalized spacial score (nSPS) is 19.4. The number of fused-ring (bicyclic) bond motifs is 3. The predicted octanol–water partition coefficient (Wildman–Crippen LogP) is 9.48. The molecular formula is C49H49N3O5. The number of benzene rings is 4. The van der Waals surface area contributed by atoms with Crippen LogP contribution in [-0.4, -0.2) is 45.4 Å². The Morgan fingerprint density at radius 2 is 1.72 bits per heavy atom. The first-order valence-electron chi connectivity index (χ1n) is 20.2. The molecule has 3 amide bonds. The largest absolute Gasteiger partial charge is 0.508 e. The average Bonchev–Trinajstić information content (AvgIpc) is 3.78. The number of allylic oxidation sites excluding steroid dienone is 5. The van der Waals surface area contributed by atoms with Gasteiger partial charge < -0.3 is 19.7 Å². The number of aromatic nitrogens is 1. The van der Waals surface area contributed by atoms with Crippen molar-refractivity contribution in [3.05, 3.63) is 155 Å². The molecule has 3 N–H and O–H groups in total. The number of H-pyrrole nitrogens is 1. The van der Waals surface area contributed by atoms with Crippen molar-refractivity contribution in [3.63, 3.8) is 0 Å². The van der Waals surface area contributed by atoms with E-state index < -0.39 is 11.9 Å². The van der Waals surface area contributed by atoms with Crippen molar-refractivity contribution in [2.45, 2.75) is 76.8 Å². The number of hydrogen-bond donors (Lipinski definition) is 3. The van der Waals surface area contributed by atoms with Gasteiger partial charge in [-0.1, -0.05) is 66.8 Å². The van der Waals surface area contributed by atoms with Gasteiger partial charge in [0.05, 0.1) is 6.61 Å². The van der Waals surface area contributed by atoms with E-state index >= 15 is 0 Å². The van der Waals surface area contributed by atoms with Crippen molar-refractivity contribution < 1.29 is 24.2 Å². The fourth-order valence-electron chi connectivity index (χ4n) is 8.91. The Morgan fingerprint density at radius 3 is 2.54 bits per heavy atom. The number of phenolic OH excluding ortho intramolecular Hbond substituents is 1. The van der Waals surface area contributed by atoms with Crippen LogP contribution < -0.4 is 10.1 Å². The van der Waals surface area contributed by atoms with Gasteiger partial charge in [-0.25, -0.2) is 0 Å². The molecule has 5 aromatic rings. The molecule has 8 heteroatoms. The van der Waals surface area contributed by atoms with Crippen molar-refractivity contribution in [1.29, 1.82) is 0 Å². The van der Waals surface area contributed by atoms with Crippen LogP contribution in [0.25, 0.3) is 22.0 Å². The number of hydrogen-bond acceptors (Lipinski definition) is 5. The smallest absolute Gasteiger partial charge is 0.255 e. The molecule has 1 aliphatic carbocycles. The third-order valence-electron chi connectivity index (χ3n) is 11.9. The second kappa shape index (κ2) is 16.5. The first-order valence-corrected chi connectivity index (χ1v) is 20.2. The van der Waals surface area contributed by atoms with Crippen molar-refractivity contribution >= 4 is 28.6 Å². The number of carbonyl (C=O) groups excluding carboxylic acids is 3. The van der Waals surface area contributed by atoms with Gasteiger partial charge in [-0.2, -0.15) is 0 Å². The summed E-state index contributed by atoms with van der Waals surface area (Å²) in [6, 6.07) is 26.0. The summed E-state index contributed by atoms with van der Waals surface area (Å²) in [7, 11) is 0. The van der Waals surface area contributed by atoms with Gasteiger partial charge in [0.2, 0.25) is 11.8 Å². The van der Waals surface area contributed by atoms with Gasteiger partial charge >= 0.3 is 0 Å². The second-order valence-electron chi connectivity index (χ2n) is 15.5. The molecule has 1 fully saturated rings. The Hall–Kier alpha value is -6.15. The SMILES string of the molecule is C=C(/C=C\C=C/C)[C@H]1CCc2cc(O)ccc2[C@H]1c1ccc(OCCCCCc2c[nH]c3ccc(-c4ccc5c(c4)CN([C@H]4CCC(=O)NC4=O)C5=O)cc23)cc1. The Bertz CT molecular complexity index is 2400. The molecule has 0 unspecified atom stereocenters. The number of aromatic amines is 1. The van der Waals surface area contributed by atoms with Crippen molar-refractivity contribution in [2.24, 2.45) is 5.92 Å². The topological polar surface area (TPSA) is 112 Å². The number of ether oxygens (including phenoxy) is 1. The number of rotatable bonds is 13. The number of aromatic hydroxyl groups is 1. The zero-order valence-corrected chi connectivity index (χ0v) is 32.4. The van der Waals surface area contributed by atoms with Crippen LogP contribution in [0.3, 0.4) is 0 Å². The number of imide groups is 1. The van der Waals surface area contributed by atoms with Gasteiger partial charge in [-0.3, -0.25) is 19.7 Å².